The van der Waals surface area contributed by atoms with Crippen LogP contribution in [0.15, 0.2) is 47.4 Å². The molecule has 0 radical (unpaired) electrons. The van der Waals surface area contributed by atoms with Crippen LogP contribution in [0.2, 0.25) is 0 Å². The molecule has 4 rings (SSSR count). The number of carbonyl (C=O) groups is 1. The summed E-state index contributed by atoms with van der Waals surface area (Å²) < 4.78 is 26.6. The molecule has 32 heavy (non-hydrogen) atoms. The molecule has 7 nitrogen and oxygen atoms in total. The summed E-state index contributed by atoms with van der Waals surface area (Å²) in [6.45, 7) is 2.16. The normalized spacial score (nSPS) is 18.5. The number of hydrogen-bond donors (Lipinski definition) is 2. The predicted molar refractivity (Wildman–Crippen MR) is 127 cm³/mol. The molecule has 2 amide bonds. The number of urea groups is 1. The molecule has 2 aromatic carbocycles. The first kappa shape index (κ1) is 23.0. The molecule has 0 bridgehead atoms. The third kappa shape index (κ3) is 5.42. The minimum absolute atomic E-state index is 0.164. The molecule has 0 spiro atoms. The summed E-state index contributed by atoms with van der Waals surface area (Å²) >= 11 is 0. The molecule has 0 unspecified atom stereocenters. The van der Waals surface area contributed by atoms with E-state index in [1.165, 1.54) is 11.4 Å². The van der Waals surface area contributed by atoms with Crippen molar-refractivity contribution < 1.29 is 13.2 Å². The van der Waals surface area contributed by atoms with Gasteiger partial charge in [0.2, 0.25) is 0 Å². The van der Waals surface area contributed by atoms with E-state index >= 15 is 0 Å². The summed E-state index contributed by atoms with van der Waals surface area (Å²) in [5.74, 6) is 0.263. The fourth-order valence-electron chi connectivity index (χ4n) is 4.82. The monoisotopic (exact) mass is 458 g/mol. The first-order valence-electron chi connectivity index (χ1n) is 11.7. The quantitative estimate of drug-likeness (QED) is 0.647. The van der Waals surface area contributed by atoms with Crippen molar-refractivity contribution in [3.05, 3.63) is 42.5 Å². The summed E-state index contributed by atoms with van der Waals surface area (Å²) in [7, 11) is -2.09. The highest BCUT2D eigenvalue weighted by Crippen LogP contribution is 2.24. The van der Waals surface area contributed by atoms with Crippen molar-refractivity contribution in [1.29, 1.82) is 0 Å². The lowest BCUT2D eigenvalue weighted by Crippen LogP contribution is -2.55. The number of rotatable bonds is 6. The molecule has 1 saturated carbocycles. The second kappa shape index (κ2) is 10.2. The second-order valence-electron chi connectivity index (χ2n) is 9.09. The van der Waals surface area contributed by atoms with Gasteiger partial charge < -0.3 is 10.2 Å². The van der Waals surface area contributed by atoms with Crippen molar-refractivity contribution in [1.82, 2.24) is 20.1 Å². The summed E-state index contributed by atoms with van der Waals surface area (Å²) in [5.41, 5.74) is 0. The molecule has 2 fully saturated rings. The molecule has 1 heterocycles. The zero-order valence-corrected chi connectivity index (χ0v) is 19.6. The van der Waals surface area contributed by atoms with Gasteiger partial charge in [0, 0.05) is 19.6 Å². The first-order valence-corrected chi connectivity index (χ1v) is 13.2. The average Bonchev–Trinajstić information content (AvgIpc) is 2.83. The van der Waals surface area contributed by atoms with Crippen LogP contribution in [0, 0.1) is 5.92 Å². The van der Waals surface area contributed by atoms with Crippen molar-refractivity contribution in [2.45, 2.75) is 55.9 Å². The number of carbonyl (C=O) groups excluding carboxylic acids is 1. The number of hydrazine groups is 1. The van der Waals surface area contributed by atoms with Gasteiger partial charge in [-0.3, -0.25) is 0 Å². The molecule has 174 valence electrons. The number of amides is 2. The number of benzene rings is 2. The number of piperidine rings is 1. The maximum Gasteiger partial charge on any atom is 0.335 e. The van der Waals surface area contributed by atoms with Crippen LogP contribution in [0.1, 0.15) is 44.9 Å². The molecule has 2 aromatic rings. The number of nitrogens with one attached hydrogen (secondary N) is 2. The maximum absolute atomic E-state index is 13.4. The molecule has 0 aromatic heterocycles. The molecule has 0 atom stereocenters. The van der Waals surface area contributed by atoms with Crippen LogP contribution in [0.5, 0.6) is 0 Å². The zero-order valence-electron chi connectivity index (χ0n) is 18.8. The number of hydrogen-bond acceptors (Lipinski definition) is 4. The molecule has 1 aliphatic heterocycles. The Labute approximate surface area is 191 Å². The third-order valence-corrected chi connectivity index (χ3v) is 8.15. The number of nitrogens with zero attached hydrogens (tertiary/aromatic N) is 2. The highest BCUT2D eigenvalue weighted by molar-refractivity contribution is 7.89. The van der Waals surface area contributed by atoms with E-state index in [1.807, 2.05) is 24.3 Å². The predicted octanol–water partition coefficient (Wildman–Crippen LogP) is 3.72. The largest absolute Gasteiger partial charge is 0.335 e. The van der Waals surface area contributed by atoms with Crippen LogP contribution in [0.3, 0.4) is 0 Å². The number of fused-ring (bicyclic) bond motifs is 1. The van der Waals surface area contributed by atoms with Crippen molar-refractivity contribution >= 4 is 26.8 Å². The molecule has 8 heteroatoms. The van der Waals surface area contributed by atoms with Crippen LogP contribution in [-0.4, -0.2) is 57.1 Å². The molecule has 2 aliphatic rings. The number of sulfonamides is 1. The van der Waals surface area contributed by atoms with Gasteiger partial charge >= 0.3 is 6.03 Å². The van der Waals surface area contributed by atoms with Gasteiger partial charge in [-0.25, -0.2) is 18.2 Å². The smallest absolute Gasteiger partial charge is 0.324 e. The SMILES string of the molecule is CN(C(=O)N(CC1CCNCC1)NS(=O)(=O)c1ccc2ccccc2c1)C1CCCCC1. The summed E-state index contributed by atoms with van der Waals surface area (Å²) in [6, 6.07) is 12.6. The van der Waals surface area contributed by atoms with E-state index in [-0.39, 0.29) is 22.9 Å². The molecular weight excluding hydrogens is 424 g/mol. The summed E-state index contributed by atoms with van der Waals surface area (Å²) in [5, 5.41) is 6.50. The van der Waals surface area contributed by atoms with E-state index in [2.05, 4.69) is 10.1 Å². The van der Waals surface area contributed by atoms with Gasteiger partial charge in [-0.2, -0.15) is 0 Å². The Morgan fingerprint density at radius 2 is 1.69 bits per heavy atom. The van der Waals surface area contributed by atoms with E-state index in [0.717, 1.165) is 62.4 Å². The van der Waals surface area contributed by atoms with Gasteiger partial charge in [0.1, 0.15) is 0 Å². The van der Waals surface area contributed by atoms with Gasteiger partial charge in [-0.05, 0) is 67.6 Å². The Balaban J connectivity index is 1.56. The Bertz CT molecular complexity index is 1030. The van der Waals surface area contributed by atoms with Crippen LogP contribution >= 0.6 is 0 Å². The van der Waals surface area contributed by atoms with Crippen molar-refractivity contribution in [2.24, 2.45) is 5.92 Å². The Hall–Kier alpha value is -2.16. The summed E-state index contributed by atoms with van der Waals surface area (Å²) in [4.78, 5) is 18.0. The Morgan fingerprint density at radius 3 is 2.41 bits per heavy atom. The average molecular weight is 459 g/mol. The lowest BCUT2D eigenvalue weighted by atomic mass is 9.94. The van der Waals surface area contributed by atoms with Gasteiger partial charge in [0.25, 0.3) is 10.0 Å². The maximum atomic E-state index is 13.4. The van der Waals surface area contributed by atoms with E-state index < -0.39 is 10.0 Å². The first-order chi connectivity index (χ1) is 15.4. The van der Waals surface area contributed by atoms with E-state index in [4.69, 9.17) is 0 Å². The fourth-order valence-corrected chi connectivity index (χ4v) is 5.90. The van der Waals surface area contributed by atoms with E-state index in [0.29, 0.717) is 6.54 Å². The van der Waals surface area contributed by atoms with Crippen LogP contribution in [0.25, 0.3) is 10.8 Å². The van der Waals surface area contributed by atoms with Gasteiger partial charge in [0.05, 0.1) is 4.90 Å². The molecule has 1 saturated heterocycles. The molecule has 1 aliphatic carbocycles. The minimum atomic E-state index is -3.90. The summed E-state index contributed by atoms with van der Waals surface area (Å²) in [6.07, 6.45) is 7.22. The highest BCUT2D eigenvalue weighted by atomic mass is 32.2. The van der Waals surface area contributed by atoms with Crippen LogP contribution in [0.4, 0.5) is 4.79 Å². The van der Waals surface area contributed by atoms with Crippen molar-refractivity contribution in [3.63, 3.8) is 0 Å². The van der Waals surface area contributed by atoms with Gasteiger partial charge in [-0.1, -0.05) is 49.6 Å². The second-order valence-corrected chi connectivity index (χ2v) is 10.8. The highest BCUT2D eigenvalue weighted by Gasteiger charge is 2.31. The lowest BCUT2D eigenvalue weighted by Gasteiger charge is -2.37. The zero-order chi connectivity index (χ0) is 22.6. The van der Waals surface area contributed by atoms with E-state index in [1.54, 1.807) is 30.1 Å². The lowest BCUT2D eigenvalue weighted by molar-refractivity contribution is 0.115. The van der Waals surface area contributed by atoms with Crippen molar-refractivity contribution in [2.75, 3.05) is 26.7 Å². The van der Waals surface area contributed by atoms with Gasteiger partial charge in [-0.15, -0.1) is 4.83 Å². The van der Waals surface area contributed by atoms with Crippen LogP contribution in [-0.2, 0) is 10.0 Å². The standard InChI is InChI=1S/C24H34N4O3S/c1-27(22-9-3-2-4-10-22)24(29)28(18-19-13-15-25-16-14-19)26-32(30,31)23-12-11-20-7-5-6-8-21(20)17-23/h5-8,11-12,17,19,22,25-26H,2-4,9-10,13-16,18H2,1H3. The Kier molecular flexibility index (Phi) is 7.33. The topological polar surface area (TPSA) is 81.8 Å². The van der Waals surface area contributed by atoms with Crippen LogP contribution < -0.4 is 10.1 Å². The molecular formula is C24H34N4O3S. The van der Waals surface area contributed by atoms with Crippen molar-refractivity contribution in [3.8, 4) is 0 Å². The Morgan fingerprint density at radius 1 is 1.00 bits per heavy atom. The van der Waals surface area contributed by atoms with E-state index in [9.17, 15) is 13.2 Å². The van der Waals surface area contributed by atoms with Gasteiger partial charge in [0.15, 0.2) is 0 Å². The molecule has 2 N–H and O–H groups in total. The fraction of sp³-hybridized carbons (Fsp3) is 0.542. The third-order valence-electron chi connectivity index (χ3n) is 6.82. The minimum Gasteiger partial charge on any atom is -0.324 e.